The molecule has 0 aliphatic heterocycles. The number of sulfone groups is 1. The number of nitrogens with two attached hydrogens (primary N) is 1. The average molecular weight is 262 g/mol. The Labute approximate surface area is 105 Å². The molecule has 1 aliphatic rings. The minimum Gasteiger partial charge on any atom is -0.330 e. The van der Waals surface area contributed by atoms with Crippen LogP contribution in [0.4, 0.5) is 0 Å². The Bertz CT molecular complexity index is 316. The second-order valence-electron chi connectivity index (χ2n) is 5.06. The third-order valence-electron chi connectivity index (χ3n) is 3.89. The third-order valence-corrected chi connectivity index (χ3v) is 5.68. The van der Waals surface area contributed by atoms with Crippen LogP contribution in [0.3, 0.4) is 0 Å². The van der Waals surface area contributed by atoms with Crippen LogP contribution in [0.25, 0.3) is 0 Å². The number of rotatable bonds is 7. The highest BCUT2D eigenvalue weighted by Crippen LogP contribution is 2.28. The van der Waals surface area contributed by atoms with E-state index >= 15 is 0 Å². The van der Waals surface area contributed by atoms with Crippen molar-refractivity contribution >= 4 is 9.84 Å². The zero-order chi connectivity index (χ0) is 12.9. The molecule has 0 heterocycles. The van der Waals surface area contributed by atoms with Gasteiger partial charge in [0.2, 0.25) is 0 Å². The molecule has 17 heavy (non-hydrogen) atoms. The Morgan fingerprint density at radius 2 is 2.06 bits per heavy atom. The summed E-state index contributed by atoms with van der Waals surface area (Å²) < 4.78 is 22.8. The van der Waals surface area contributed by atoms with Crippen molar-refractivity contribution in [3.63, 3.8) is 0 Å². The quantitative estimate of drug-likeness (QED) is 0.739. The molecule has 0 aromatic rings. The van der Waals surface area contributed by atoms with Gasteiger partial charge < -0.3 is 10.6 Å². The van der Waals surface area contributed by atoms with Gasteiger partial charge in [0.15, 0.2) is 0 Å². The molecule has 2 unspecified atom stereocenters. The molecular weight excluding hydrogens is 236 g/mol. The molecule has 0 radical (unpaired) electrons. The maximum Gasteiger partial charge on any atom is 0.150 e. The summed E-state index contributed by atoms with van der Waals surface area (Å²) in [4.78, 5) is 2.30. The molecule has 1 rings (SSSR count). The fourth-order valence-electron chi connectivity index (χ4n) is 2.72. The van der Waals surface area contributed by atoms with E-state index in [1.165, 1.54) is 19.3 Å². The topological polar surface area (TPSA) is 63.4 Å². The molecular formula is C12H26N2O2S. The van der Waals surface area contributed by atoms with Crippen LogP contribution in [0.2, 0.25) is 0 Å². The average Bonchev–Trinajstić information content (AvgIpc) is 2.76. The summed E-state index contributed by atoms with van der Waals surface area (Å²) in [6, 6.07) is 0.560. The Morgan fingerprint density at radius 1 is 1.35 bits per heavy atom. The molecule has 0 spiro atoms. The summed E-state index contributed by atoms with van der Waals surface area (Å²) >= 11 is 0. The van der Waals surface area contributed by atoms with Crippen LogP contribution in [-0.2, 0) is 9.84 Å². The molecule has 0 aromatic carbocycles. The Hall–Kier alpha value is -0.130. The van der Waals surface area contributed by atoms with Crippen LogP contribution in [0.15, 0.2) is 0 Å². The van der Waals surface area contributed by atoms with E-state index in [9.17, 15) is 8.42 Å². The monoisotopic (exact) mass is 262 g/mol. The summed E-state index contributed by atoms with van der Waals surface area (Å²) in [5, 5.41) is 0. The fourth-order valence-corrected chi connectivity index (χ4v) is 3.57. The van der Waals surface area contributed by atoms with Crippen LogP contribution < -0.4 is 5.73 Å². The third kappa shape index (κ3) is 4.56. The highest BCUT2D eigenvalue weighted by molar-refractivity contribution is 7.91. The standard InChI is InChI=1S/C12H26N2O2S/c1-3-17(15,16)9-5-8-14(2)12-7-4-6-11(12)10-13/h11-12H,3-10,13H2,1-2H3. The maximum atomic E-state index is 11.4. The van der Waals surface area contributed by atoms with E-state index in [1.807, 2.05) is 0 Å². The van der Waals surface area contributed by atoms with Gasteiger partial charge in [-0.3, -0.25) is 0 Å². The minimum absolute atomic E-state index is 0.256. The predicted molar refractivity (Wildman–Crippen MR) is 71.8 cm³/mol. The van der Waals surface area contributed by atoms with Crippen molar-refractivity contribution in [2.24, 2.45) is 11.7 Å². The zero-order valence-corrected chi connectivity index (χ0v) is 11.9. The SMILES string of the molecule is CCS(=O)(=O)CCCN(C)C1CCCC1CN. The van der Waals surface area contributed by atoms with Gasteiger partial charge >= 0.3 is 0 Å². The van der Waals surface area contributed by atoms with Crippen molar-refractivity contribution in [2.45, 2.75) is 38.6 Å². The molecule has 5 heteroatoms. The Kier molecular flexibility index (Phi) is 5.89. The molecule has 0 amide bonds. The molecule has 0 aromatic heterocycles. The summed E-state index contributed by atoms with van der Waals surface area (Å²) in [6.07, 6.45) is 4.42. The van der Waals surface area contributed by atoms with Crippen molar-refractivity contribution in [2.75, 3.05) is 31.6 Å². The van der Waals surface area contributed by atoms with Gasteiger partial charge in [0.1, 0.15) is 9.84 Å². The highest BCUT2D eigenvalue weighted by Gasteiger charge is 2.28. The molecule has 0 bridgehead atoms. The van der Waals surface area contributed by atoms with E-state index in [1.54, 1.807) is 6.92 Å². The van der Waals surface area contributed by atoms with E-state index in [2.05, 4.69) is 11.9 Å². The van der Waals surface area contributed by atoms with E-state index < -0.39 is 9.84 Å². The first kappa shape index (κ1) is 14.9. The number of hydrogen-bond acceptors (Lipinski definition) is 4. The minimum atomic E-state index is -2.81. The summed E-state index contributed by atoms with van der Waals surface area (Å²) in [5.74, 6) is 1.17. The van der Waals surface area contributed by atoms with Gasteiger partial charge in [-0.05, 0) is 45.3 Å². The largest absolute Gasteiger partial charge is 0.330 e. The zero-order valence-electron chi connectivity index (χ0n) is 11.1. The molecule has 1 aliphatic carbocycles. The van der Waals surface area contributed by atoms with Crippen molar-refractivity contribution in [1.82, 2.24) is 4.90 Å². The maximum absolute atomic E-state index is 11.4. The molecule has 0 saturated heterocycles. The van der Waals surface area contributed by atoms with E-state index in [0.29, 0.717) is 17.7 Å². The van der Waals surface area contributed by atoms with Gasteiger partial charge in [0.05, 0.1) is 5.75 Å². The van der Waals surface area contributed by atoms with E-state index in [-0.39, 0.29) is 5.75 Å². The van der Waals surface area contributed by atoms with Crippen LogP contribution in [-0.4, -0.2) is 51.0 Å². The Balaban J connectivity index is 2.32. The van der Waals surface area contributed by atoms with Gasteiger partial charge in [-0.15, -0.1) is 0 Å². The summed E-state index contributed by atoms with van der Waals surface area (Å²) in [7, 11) is -0.715. The Morgan fingerprint density at radius 3 is 2.65 bits per heavy atom. The summed E-state index contributed by atoms with van der Waals surface area (Å²) in [6.45, 7) is 3.32. The lowest BCUT2D eigenvalue weighted by Crippen LogP contribution is -2.38. The first-order valence-electron chi connectivity index (χ1n) is 6.61. The van der Waals surface area contributed by atoms with Gasteiger partial charge in [-0.25, -0.2) is 8.42 Å². The number of nitrogens with zero attached hydrogens (tertiary/aromatic N) is 1. The van der Waals surface area contributed by atoms with Crippen LogP contribution in [0.5, 0.6) is 0 Å². The van der Waals surface area contributed by atoms with Crippen molar-refractivity contribution in [1.29, 1.82) is 0 Å². The van der Waals surface area contributed by atoms with E-state index in [0.717, 1.165) is 19.5 Å². The lowest BCUT2D eigenvalue weighted by molar-refractivity contribution is 0.201. The fraction of sp³-hybridized carbons (Fsp3) is 1.00. The van der Waals surface area contributed by atoms with Gasteiger partial charge in [-0.1, -0.05) is 13.3 Å². The smallest absolute Gasteiger partial charge is 0.150 e. The second-order valence-corrected chi connectivity index (χ2v) is 7.54. The first-order valence-corrected chi connectivity index (χ1v) is 8.43. The van der Waals surface area contributed by atoms with Crippen molar-refractivity contribution in [3.05, 3.63) is 0 Å². The lowest BCUT2D eigenvalue weighted by Gasteiger charge is -2.29. The normalized spacial score (nSPS) is 25.6. The van der Waals surface area contributed by atoms with Crippen LogP contribution >= 0.6 is 0 Å². The van der Waals surface area contributed by atoms with Crippen LogP contribution in [0, 0.1) is 5.92 Å². The second kappa shape index (κ2) is 6.71. The molecule has 4 nitrogen and oxygen atoms in total. The lowest BCUT2D eigenvalue weighted by atomic mass is 10.0. The summed E-state index contributed by atoms with van der Waals surface area (Å²) in [5.41, 5.74) is 5.76. The number of hydrogen-bond donors (Lipinski definition) is 1. The van der Waals surface area contributed by atoms with Gasteiger partial charge in [0.25, 0.3) is 0 Å². The van der Waals surface area contributed by atoms with Crippen LogP contribution in [0.1, 0.15) is 32.6 Å². The molecule has 102 valence electrons. The van der Waals surface area contributed by atoms with Gasteiger partial charge in [-0.2, -0.15) is 0 Å². The molecule has 1 saturated carbocycles. The van der Waals surface area contributed by atoms with Gasteiger partial charge in [0, 0.05) is 11.8 Å². The van der Waals surface area contributed by atoms with Crippen molar-refractivity contribution in [3.8, 4) is 0 Å². The molecule has 2 N–H and O–H groups in total. The molecule has 2 atom stereocenters. The first-order chi connectivity index (χ1) is 8.00. The van der Waals surface area contributed by atoms with Crippen molar-refractivity contribution < 1.29 is 8.42 Å². The van der Waals surface area contributed by atoms with E-state index in [4.69, 9.17) is 5.73 Å². The molecule has 1 fully saturated rings. The predicted octanol–water partition coefficient (Wildman–Crippen LogP) is 0.870. The highest BCUT2D eigenvalue weighted by atomic mass is 32.2.